The maximum Gasteiger partial charge on any atom is 0.315 e. The van der Waals surface area contributed by atoms with Gasteiger partial charge in [-0.2, -0.15) is 0 Å². The van der Waals surface area contributed by atoms with Crippen LogP contribution in [0.5, 0.6) is 11.6 Å². The zero-order valence-corrected chi connectivity index (χ0v) is 19.1. The van der Waals surface area contributed by atoms with Gasteiger partial charge in [0.15, 0.2) is 0 Å². The van der Waals surface area contributed by atoms with Crippen LogP contribution in [0.15, 0.2) is 85.2 Å². The van der Waals surface area contributed by atoms with E-state index >= 15 is 0 Å². The number of halogens is 1. The number of rotatable bonds is 7. The Morgan fingerprint density at radius 1 is 1.15 bits per heavy atom. The van der Waals surface area contributed by atoms with E-state index in [0.29, 0.717) is 5.75 Å². The number of carbonyl (C=O) groups is 2. The molecule has 2 N–H and O–H groups in total. The first-order valence-corrected chi connectivity index (χ1v) is 11.0. The van der Waals surface area contributed by atoms with Gasteiger partial charge in [-0.05, 0) is 43.7 Å². The Labute approximate surface area is 201 Å². The van der Waals surface area contributed by atoms with Gasteiger partial charge in [0.05, 0.1) is 10.7 Å². The Morgan fingerprint density at radius 2 is 2.00 bits per heavy atom. The van der Waals surface area contributed by atoms with E-state index in [1.54, 1.807) is 49.6 Å². The lowest BCUT2D eigenvalue weighted by Gasteiger charge is -2.33. The Kier molecular flexibility index (Phi) is 6.75. The Hall–Kier alpha value is -3.97. The second-order valence-electron chi connectivity index (χ2n) is 7.88. The summed E-state index contributed by atoms with van der Waals surface area (Å²) < 4.78 is 5.95. The minimum Gasteiger partial charge on any atom is -0.481 e. The molecule has 0 spiro atoms. The van der Waals surface area contributed by atoms with Crippen LogP contribution in [0.25, 0.3) is 11.3 Å². The third kappa shape index (κ3) is 4.84. The molecule has 0 fully saturated rings. The van der Waals surface area contributed by atoms with Crippen LogP contribution in [0.3, 0.4) is 0 Å². The molecule has 7 nitrogen and oxygen atoms in total. The second kappa shape index (κ2) is 9.89. The molecule has 2 atom stereocenters. The fourth-order valence-corrected chi connectivity index (χ4v) is 3.90. The van der Waals surface area contributed by atoms with Gasteiger partial charge in [-0.3, -0.25) is 14.6 Å². The van der Waals surface area contributed by atoms with Crippen LogP contribution in [-0.4, -0.2) is 33.0 Å². The van der Waals surface area contributed by atoms with Crippen molar-refractivity contribution in [1.82, 2.24) is 15.3 Å². The summed E-state index contributed by atoms with van der Waals surface area (Å²) >= 11 is 6.11. The molecular weight excluding hydrogens is 454 g/mol. The highest BCUT2D eigenvalue weighted by Crippen LogP contribution is 2.33. The summed E-state index contributed by atoms with van der Waals surface area (Å²) in [6, 6.07) is 13.6. The summed E-state index contributed by atoms with van der Waals surface area (Å²) in [4.78, 5) is 33.8. The number of hydrogen-bond donors (Lipinski definition) is 2. The molecule has 0 saturated heterocycles. The first-order chi connectivity index (χ1) is 16.4. The molecule has 1 aromatic carbocycles. The number of aliphatic carboxylic acids is 1. The Balaban J connectivity index is 1.59. The molecule has 172 valence electrons. The van der Waals surface area contributed by atoms with E-state index < -0.39 is 23.3 Å². The zero-order valence-electron chi connectivity index (χ0n) is 18.3. The Morgan fingerprint density at radius 3 is 2.71 bits per heavy atom. The summed E-state index contributed by atoms with van der Waals surface area (Å²) in [6.07, 6.45) is 10.2. The summed E-state index contributed by atoms with van der Waals surface area (Å²) in [5.74, 6) is -1.05. The molecule has 2 aromatic heterocycles. The molecule has 1 amide bonds. The largest absolute Gasteiger partial charge is 0.481 e. The van der Waals surface area contributed by atoms with Crippen molar-refractivity contribution in [2.75, 3.05) is 0 Å². The number of hydrogen-bond acceptors (Lipinski definition) is 5. The number of allylic oxidation sites excluding steroid dienone is 3. The average Bonchev–Trinajstić information content (AvgIpc) is 2.86. The maximum atomic E-state index is 13.2. The van der Waals surface area contributed by atoms with Gasteiger partial charge in [0.1, 0.15) is 16.7 Å². The van der Waals surface area contributed by atoms with Gasteiger partial charge in [0.2, 0.25) is 5.88 Å². The van der Waals surface area contributed by atoms with Crippen molar-refractivity contribution in [2.24, 2.45) is 5.41 Å². The SMILES string of the molecule is CC(NC(=O)c1cc(Cl)cnc1Oc1cccc(-c2ccccn2)c1)C1(C(=O)O)C=CC=CC1. The van der Waals surface area contributed by atoms with Crippen LogP contribution in [0.1, 0.15) is 23.7 Å². The van der Waals surface area contributed by atoms with E-state index in [1.807, 2.05) is 30.3 Å². The summed E-state index contributed by atoms with van der Waals surface area (Å²) in [6.45, 7) is 1.66. The van der Waals surface area contributed by atoms with Crippen molar-refractivity contribution < 1.29 is 19.4 Å². The lowest BCUT2D eigenvalue weighted by molar-refractivity contribution is -0.147. The average molecular weight is 476 g/mol. The molecule has 34 heavy (non-hydrogen) atoms. The molecule has 4 rings (SSSR count). The number of amides is 1. The molecule has 0 saturated carbocycles. The molecule has 1 aliphatic carbocycles. The van der Waals surface area contributed by atoms with Gasteiger partial charge >= 0.3 is 5.97 Å². The van der Waals surface area contributed by atoms with E-state index in [2.05, 4.69) is 15.3 Å². The number of carbonyl (C=O) groups excluding carboxylic acids is 1. The van der Waals surface area contributed by atoms with Gasteiger partial charge < -0.3 is 15.2 Å². The van der Waals surface area contributed by atoms with Crippen LogP contribution in [0.2, 0.25) is 5.02 Å². The van der Waals surface area contributed by atoms with Crippen molar-refractivity contribution in [3.8, 4) is 22.9 Å². The number of carboxylic acid groups (broad SMARTS) is 1. The minimum absolute atomic E-state index is 0.0516. The first kappa shape index (κ1) is 23.2. The van der Waals surface area contributed by atoms with E-state index in [1.165, 1.54) is 12.3 Å². The molecule has 3 aromatic rings. The fourth-order valence-electron chi connectivity index (χ4n) is 3.74. The fraction of sp³-hybridized carbons (Fsp3) is 0.154. The first-order valence-electron chi connectivity index (χ1n) is 10.6. The minimum atomic E-state index is -1.26. The summed E-state index contributed by atoms with van der Waals surface area (Å²) in [5, 5.41) is 12.9. The third-order valence-electron chi connectivity index (χ3n) is 5.69. The van der Waals surface area contributed by atoms with Crippen LogP contribution >= 0.6 is 11.6 Å². The monoisotopic (exact) mass is 475 g/mol. The van der Waals surface area contributed by atoms with E-state index in [9.17, 15) is 14.7 Å². The molecule has 0 bridgehead atoms. The van der Waals surface area contributed by atoms with Gasteiger partial charge in [-0.25, -0.2) is 4.98 Å². The summed E-state index contributed by atoms with van der Waals surface area (Å²) in [5.41, 5.74) is 0.456. The quantitative estimate of drug-likeness (QED) is 0.481. The number of ether oxygens (including phenoxy) is 1. The molecule has 0 aliphatic heterocycles. The number of nitrogens with zero attached hydrogens (tertiary/aromatic N) is 2. The number of pyridine rings is 2. The van der Waals surface area contributed by atoms with Crippen molar-refractivity contribution in [3.63, 3.8) is 0 Å². The van der Waals surface area contributed by atoms with Crippen molar-refractivity contribution >= 4 is 23.5 Å². The molecule has 2 heterocycles. The highest BCUT2D eigenvalue weighted by atomic mass is 35.5. The number of nitrogens with one attached hydrogen (secondary N) is 1. The Bertz CT molecular complexity index is 1280. The smallest absolute Gasteiger partial charge is 0.315 e. The van der Waals surface area contributed by atoms with E-state index in [4.69, 9.17) is 16.3 Å². The third-order valence-corrected chi connectivity index (χ3v) is 5.89. The number of carboxylic acids is 1. The van der Waals surface area contributed by atoms with E-state index in [-0.39, 0.29) is 22.9 Å². The van der Waals surface area contributed by atoms with Gasteiger partial charge in [0, 0.05) is 24.0 Å². The topological polar surface area (TPSA) is 101 Å². The lowest BCUT2D eigenvalue weighted by atomic mass is 9.75. The van der Waals surface area contributed by atoms with E-state index in [0.717, 1.165) is 11.3 Å². The zero-order chi connectivity index (χ0) is 24.1. The van der Waals surface area contributed by atoms with Crippen LogP contribution in [0.4, 0.5) is 0 Å². The second-order valence-corrected chi connectivity index (χ2v) is 8.32. The van der Waals surface area contributed by atoms with Crippen molar-refractivity contribution in [1.29, 1.82) is 0 Å². The standard InChI is InChI=1S/C26H22ClN3O4/c1-17(26(25(32)33)11-4-2-5-12-26)30-23(31)21-15-19(27)16-29-24(21)34-20-9-7-8-18(14-20)22-10-3-6-13-28-22/h2-11,13-17H,12H2,1H3,(H,30,31)(H,32,33). The highest BCUT2D eigenvalue weighted by molar-refractivity contribution is 6.30. The highest BCUT2D eigenvalue weighted by Gasteiger charge is 2.42. The number of benzene rings is 1. The van der Waals surface area contributed by atoms with Crippen LogP contribution < -0.4 is 10.1 Å². The van der Waals surface area contributed by atoms with Crippen LogP contribution in [-0.2, 0) is 4.79 Å². The lowest BCUT2D eigenvalue weighted by Crippen LogP contribution is -2.49. The van der Waals surface area contributed by atoms with Crippen LogP contribution in [0, 0.1) is 5.41 Å². The summed E-state index contributed by atoms with van der Waals surface area (Å²) in [7, 11) is 0. The predicted octanol–water partition coefficient (Wildman–Crippen LogP) is 5.29. The maximum absolute atomic E-state index is 13.2. The van der Waals surface area contributed by atoms with Crippen molar-refractivity contribution in [3.05, 3.63) is 95.8 Å². The number of aromatic nitrogens is 2. The molecular formula is C26H22ClN3O4. The molecule has 8 heteroatoms. The van der Waals surface area contributed by atoms with Gasteiger partial charge in [-0.1, -0.05) is 54.1 Å². The molecule has 2 unspecified atom stereocenters. The normalized spacial score (nSPS) is 17.7. The van der Waals surface area contributed by atoms with Gasteiger partial charge in [0.25, 0.3) is 5.91 Å². The predicted molar refractivity (Wildman–Crippen MR) is 129 cm³/mol. The molecule has 1 aliphatic rings. The van der Waals surface area contributed by atoms with Gasteiger partial charge in [-0.15, -0.1) is 0 Å². The molecule has 0 radical (unpaired) electrons. The van der Waals surface area contributed by atoms with Crippen molar-refractivity contribution in [2.45, 2.75) is 19.4 Å².